The second kappa shape index (κ2) is 8.96. The SMILES string of the molecule is CCC(C)c1ccccc1N=C(N)N(C)CCOc1ccccc1. The first-order chi connectivity index (χ1) is 11.6. The minimum absolute atomic E-state index is 0.462. The molecule has 0 bridgehead atoms. The molecule has 0 aromatic heterocycles. The minimum Gasteiger partial charge on any atom is -0.492 e. The Balaban J connectivity index is 1.97. The molecule has 0 aliphatic carbocycles. The number of nitrogens with two attached hydrogens (primary N) is 1. The smallest absolute Gasteiger partial charge is 0.196 e. The first-order valence-electron chi connectivity index (χ1n) is 8.44. The molecule has 2 N–H and O–H groups in total. The van der Waals surface area contributed by atoms with Crippen LogP contribution in [0, 0.1) is 0 Å². The van der Waals surface area contributed by atoms with Gasteiger partial charge in [-0.2, -0.15) is 0 Å². The zero-order chi connectivity index (χ0) is 17.4. The van der Waals surface area contributed by atoms with Crippen molar-refractivity contribution in [3.63, 3.8) is 0 Å². The van der Waals surface area contributed by atoms with Gasteiger partial charge in [-0.1, -0.05) is 50.2 Å². The number of rotatable bonds is 7. The molecule has 1 atom stereocenters. The highest BCUT2D eigenvalue weighted by Crippen LogP contribution is 2.28. The van der Waals surface area contributed by atoms with Crippen LogP contribution < -0.4 is 10.5 Å². The average Bonchev–Trinajstić information content (AvgIpc) is 2.62. The fourth-order valence-electron chi connectivity index (χ4n) is 2.37. The number of aliphatic imine (C=N–C) groups is 1. The third-order valence-electron chi connectivity index (χ3n) is 4.14. The quantitative estimate of drug-likeness (QED) is 0.614. The number of benzene rings is 2. The first kappa shape index (κ1) is 17.9. The van der Waals surface area contributed by atoms with Crippen LogP contribution in [0.25, 0.3) is 0 Å². The van der Waals surface area contributed by atoms with E-state index in [-0.39, 0.29) is 0 Å². The van der Waals surface area contributed by atoms with E-state index in [4.69, 9.17) is 10.5 Å². The van der Waals surface area contributed by atoms with Crippen LogP contribution >= 0.6 is 0 Å². The molecule has 0 amide bonds. The summed E-state index contributed by atoms with van der Waals surface area (Å²) in [6, 6.07) is 18.0. The van der Waals surface area contributed by atoms with E-state index in [1.165, 1.54) is 5.56 Å². The summed E-state index contributed by atoms with van der Waals surface area (Å²) in [5.41, 5.74) is 8.34. The van der Waals surface area contributed by atoms with E-state index in [0.717, 1.165) is 17.9 Å². The highest BCUT2D eigenvalue weighted by atomic mass is 16.5. The lowest BCUT2D eigenvalue weighted by Gasteiger charge is -2.19. The molecule has 2 rings (SSSR count). The van der Waals surface area contributed by atoms with Crippen LogP contribution in [0.4, 0.5) is 5.69 Å². The molecule has 2 aromatic carbocycles. The van der Waals surface area contributed by atoms with Crippen molar-refractivity contribution in [2.45, 2.75) is 26.2 Å². The van der Waals surface area contributed by atoms with Crippen LogP contribution in [0.3, 0.4) is 0 Å². The summed E-state index contributed by atoms with van der Waals surface area (Å²) in [6.45, 7) is 5.63. The molecule has 2 aromatic rings. The molecular weight excluding hydrogens is 298 g/mol. The number of para-hydroxylation sites is 2. The van der Waals surface area contributed by atoms with Gasteiger partial charge in [0, 0.05) is 7.05 Å². The Labute approximate surface area is 145 Å². The van der Waals surface area contributed by atoms with Crippen molar-refractivity contribution >= 4 is 11.6 Å². The van der Waals surface area contributed by atoms with E-state index in [9.17, 15) is 0 Å². The van der Waals surface area contributed by atoms with Crippen molar-refractivity contribution in [3.05, 3.63) is 60.2 Å². The third-order valence-corrected chi connectivity index (χ3v) is 4.14. The maximum atomic E-state index is 6.16. The first-order valence-corrected chi connectivity index (χ1v) is 8.44. The number of ether oxygens (including phenoxy) is 1. The summed E-state index contributed by atoms with van der Waals surface area (Å²) in [5, 5.41) is 0. The van der Waals surface area contributed by atoms with E-state index < -0.39 is 0 Å². The molecule has 4 heteroatoms. The molecule has 0 radical (unpaired) electrons. The lowest BCUT2D eigenvalue weighted by molar-refractivity contribution is 0.283. The predicted molar refractivity (Wildman–Crippen MR) is 101 cm³/mol. The van der Waals surface area contributed by atoms with Crippen LogP contribution in [-0.4, -0.2) is 31.1 Å². The van der Waals surface area contributed by atoms with Crippen molar-refractivity contribution in [1.82, 2.24) is 4.90 Å². The topological polar surface area (TPSA) is 50.8 Å². The molecule has 0 aliphatic rings. The van der Waals surface area contributed by atoms with Crippen LogP contribution in [0.1, 0.15) is 31.7 Å². The van der Waals surface area contributed by atoms with Gasteiger partial charge in [0.25, 0.3) is 0 Å². The standard InChI is InChI=1S/C20H27N3O/c1-4-16(2)18-12-8-9-13-19(18)22-20(21)23(3)14-15-24-17-10-6-5-7-11-17/h5-13,16H,4,14-15H2,1-3H3,(H2,21,22). The number of guanidine groups is 1. The molecule has 128 valence electrons. The summed E-state index contributed by atoms with van der Waals surface area (Å²) in [5.74, 6) is 1.83. The van der Waals surface area contributed by atoms with E-state index >= 15 is 0 Å². The van der Waals surface area contributed by atoms with Crippen molar-refractivity contribution < 1.29 is 4.74 Å². The van der Waals surface area contributed by atoms with Crippen LogP contribution in [0.15, 0.2) is 59.6 Å². The van der Waals surface area contributed by atoms with Gasteiger partial charge in [0.15, 0.2) is 5.96 Å². The molecular formula is C20H27N3O. The highest BCUT2D eigenvalue weighted by molar-refractivity contribution is 5.81. The molecule has 0 saturated heterocycles. The second-order valence-corrected chi connectivity index (χ2v) is 5.92. The normalized spacial score (nSPS) is 12.7. The summed E-state index contributed by atoms with van der Waals surface area (Å²) in [7, 11) is 1.93. The Bertz CT molecular complexity index is 655. The third kappa shape index (κ3) is 5.01. The lowest BCUT2D eigenvalue weighted by atomic mass is 9.97. The summed E-state index contributed by atoms with van der Waals surface area (Å²) in [6.07, 6.45) is 1.08. The van der Waals surface area contributed by atoms with Gasteiger partial charge < -0.3 is 15.4 Å². The monoisotopic (exact) mass is 325 g/mol. The lowest BCUT2D eigenvalue weighted by Crippen LogP contribution is -2.36. The van der Waals surface area contributed by atoms with E-state index in [1.807, 2.05) is 60.5 Å². The van der Waals surface area contributed by atoms with Crippen molar-refractivity contribution in [2.75, 3.05) is 20.2 Å². The van der Waals surface area contributed by atoms with Crippen molar-refractivity contribution in [2.24, 2.45) is 10.7 Å². The zero-order valence-electron chi connectivity index (χ0n) is 14.8. The molecule has 24 heavy (non-hydrogen) atoms. The Morgan fingerprint density at radius 1 is 1.12 bits per heavy atom. The predicted octanol–water partition coefficient (Wildman–Crippen LogP) is 4.16. The Morgan fingerprint density at radius 3 is 2.50 bits per heavy atom. The van der Waals surface area contributed by atoms with Crippen LogP contribution in [-0.2, 0) is 0 Å². The summed E-state index contributed by atoms with van der Waals surface area (Å²) in [4.78, 5) is 6.53. The van der Waals surface area contributed by atoms with Gasteiger partial charge in [0.1, 0.15) is 12.4 Å². The second-order valence-electron chi connectivity index (χ2n) is 5.92. The molecule has 0 heterocycles. The van der Waals surface area contributed by atoms with Crippen LogP contribution in [0.5, 0.6) is 5.75 Å². The van der Waals surface area contributed by atoms with Gasteiger partial charge in [-0.3, -0.25) is 0 Å². The van der Waals surface area contributed by atoms with Crippen LogP contribution in [0.2, 0.25) is 0 Å². The van der Waals surface area contributed by atoms with Crippen molar-refractivity contribution in [1.29, 1.82) is 0 Å². The molecule has 0 saturated carbocycles. The maximum absolute atomic E-state index is 6.16. The molecule has 4 nitrogen and oxygen atoms in total. The summed E-state index contributed by atoms with van der Waals surface area (Å²) < 4.78 is 5.70. The van der Waals surface area contributed by atoms with E-state index in [2.05, 4.69) is 24.9 Å². The van der Waals surface area contributed by atoms with Crippen molar-refractivity contribution in [3.8, 4) is 5.75 Å². The average molecular weight is 325 g/mol. The van der Waals surface area contributed by atoms with Gasteiger partial charge in [-0.25, -0.2) is 4.99 Å². The molecule has 1 unspecified atom stereocenters. The number of hydrogen-bond donors (Lipinski definition) is 1. The van der Waals surface area contributed by atoms with E-state index in [0.29, 0.717) is 25.0 Å². The van der Waals surface area contributed by atoms with Gasteiger partial charge in [-0.15, -0.1) is 0 Å². The zero-order valence-corrected chi connectivity index (χ0v) is 14.8. The Kier molecular flexibility index (Phi) is 6.67. The summed E-state index contributed by atoms with van der Waals surface area (Å²) >= 11 is 0. The van der Waals surface area contributed by atoms with Gasteiger partial charge in [0.05, 0.1) is 12.2 Å². The maximum Gasteiger partial charge on any atom is 0.196 e. The largest absolute Gasteiger partial charge is 0.492 e. The van der Waals surface area contributed by atoms with Gasteiger partial charge in [0.2, 0.25) is 0 Å². The number of likely N-dealkylation sites (N-methyl/N-ethyl adjacent to an activating group) is 1. The molecule has 0 fully saturated rings. The van der Waals surface area contributed by atoms with Gasteiger partial charge in [-0.05, 0) is 36.1 Å². The van der Waals surface area contributed by atoms with E-state index in [1.54, 1.807) is 0 Å². The molecule has 0 spiro atoms. The fraction of sp³-hybridized carbons (Fsp3) is 0.350. The molecule has 0 aliphatic heterocycles. The fourth-order valence-corrected chi connectivity index (χ4v) is 2.37. The highest BCUT2D eigenvalue weighted by Gasteiger charge is 2.09. The minimum atomic E-state index is 0.462. The Hall–Kier alpha value is -2.49. The Morgan fingerprint density at radius 2 is 1.79 bits per heavy atom. The number of hydrogen-bond acceptors (Lipinski definition) is 2. The number of nitrogens with zero attached hydrogens (tertiary/aromatic N) is 2. The van der Waals surface area contributed by atoms with Gasteiger partial charge >= 0.3 is 0 Å².